The van der Waals surface area contributed by atoms with Crippen LogP contribution in [0.25, 0.3) is 0 Å². The van der Waals surface area contributed by atoms with Gasteiger partial charge < -0.3 is 10.4 Å². The number of para-hydroxylation sites is 1. The lowest BCUT2D eigenvalue weighted by Crippen LogP contribution is -2.57. The molecule has 2 nitrogen and oxygen atoms in total. The van der Waals surface area contributed by atoms with Gasteiger partial charge in [-0.3, -0.25) is 0 Å². The average molecular weight is 233 g/mol. The largest absolute Gasteiger partial charge is 0.392 e. The maximum absolute atomic E-state index is 9.78. The third-order valence-corrected chi connectivity index (χ3v) is 4.27. The van der Waals surface area contributed by atoms with Crippen LogP contribution in [0.3, 0.4) is 0 Å². The van der Waals surface area contributed by atoms with E-state index in [2.05, 4.69) is 51.2 Å². The van der Waals surface area contributed by atoms with E-state index in [1.807, 2.05) is 0 Å². The molecule has 1 aromatic rings. The molecule has 2 unspecified atom stereocenters. The predicted molar refractivity (Wildman–Crippen MR) is 72.4 cm³/mol. The molecule has 2 N–H and O–H groups in total. The van der Waals surface area contributed by atoms with Gasteiger partial charge in [0.25, 0.3) is 0 Å². The van der Waals surface area contributed by atoms with Gasteiger partial charge in [-0.05, 0) is 30.9 Å². The molecule has 2 atom stereocenters. The molecule has 0 aliphatic heterocycles. The van der Waals surface area contributed by atoms with Gasteiger partial charge in [-0.25, -0.2) is 0 Å². The van der Waals surface area contributed by atoms with E-state index < -0.39 is 0 Å². The molecule has 0 heterocycles. The molecule has 0 bridgehead atoms. The Balaban J connectivity index is 2.20. The van der Waals surface area contributed by atoms with Gasteiger partial charge in [-0.2, -0.15) is 0 Å². The highest BCUT2D eigenvalue weighted by Gasteiger charge is 2.47. The van der Waals surface area contributed by atoms with E-state index in [-0.39, 0.29) is 11.5 Å². The Kier molecular flexibility index (Phi) is 3.17. The van der Waals surface area contributed by atoms with E-state index in [1.54, 1.807) is 0 Å². The van der Waals surface area contributed by atoms with E-state index in [0.29, 0.717) is 6.04 Å². The Morgan fingerprint density at radius 3 is 2.65 bits per heavy atom. The summed E-state index contributed by atoms with van der Waals surface area (Å²) < 4.78 is 0. The van der Waals surface area contributed by atoms with Crippen molar-refractivity contribution in [1.29, 1.82) is 0 Å². The van der Waals surface area contributed by atoms with Crippen LogP contribution in [0.2, 0.25) is 0 Å². The predicted octanol–water partition coefficient (Wildman–Crippen LogP) is 3.13. The van der Waals surface area contributed by atoms with Crippen molar-refractivity contribution in [3.05, 3.63) is 29.3 Å². The molecule has 1 aliphatic carbocycles. The monoisotopic (exact) mass is 233 g/mol. The summed E-state index contributed by atoms with van der Waals surface area (Å²) in [6, 6.07) is 6.81. The lowest BCUT2D eigenvalue weighted by molar-refractivity contribution is -0.0510. The normalized spacial score (nSPS) is 26.4. The number of rotatable bonds is 3. The topological polar surface area (TPSA) is 32.3 Å². The highest BCUT2D eigenvalue weighted by atomic mass is 16.3. The van der Waals surface area contributed by atoms with Crippen molar-refractivity contribution in [2.45, 2.75) is 52.7 Å². The molecule has 0 radical (unpaired) electrons. The minimum atomic E-state index is -0.172. The molecule has 2 heteroatoms. The molecule has 1 aromatic carbocycles. The van der Waals surface area contributed by atoms with Crippen LogP contribution in [-0.4, -0.2) is 17.3 Å². The van der Waals surface area contributed by atoms with Crippen molar-refractivity contribution in [2.24, 2.45) is 5.41 Å². The zero-order valence-corrected chi connectivity index (χ0v) is 11.2. The zero-order chi connectivity index (χ0) is 12.6. The van der Waals surface area contributed by atoms with Gasteiger partial charge in [-0.1, -0.05) is 39.0 Å². The number of aliphatic hydroxyl groups is 1. The lowest BCUT2D eigenvalue weighted by Gasteiger charge is -2.50. The second-order valence-electron chi connectivity index (χ2n) is 5.73. The van der Waals surface area contributed by atoms with Crippen LogP contribution in [0.1, 0.15) is 38.3 Å². The van der Waals surface area contributed by atoms with Gasteiger partial charge >= 0.3 is 0 Å². The van der Waals surface area contributed by atoms with Crippen LogP contribution in [0.5, 0.6) is 0 Å². The summed E-state index contributed by atoms with van der Waals surface area (Å²) in [5, 5.41) is 13.4. The fourth-order valence-corrected chi connectivity index (χ4v) is 2.55. The number of aryl methyl sites for hydroxylation is 2. The number of hydrogen-bond acceptors (Lipinski definition) is 2. The number of nitrogens with one attached hydrogen (secondary N) is 1. The van der Waals surface area contributed by atoms with Gasteiger partial charge in [0.15, 0.2) is 0 Å². The quantitative estimate of drug-likeness (QED) is 0.840. The van der Waals surface area contributed by atoms with Crippen molar-refractivity contribution >= 4 is 5.69 Å². The molecular formula is C15H23NO. The summed E-state index contributed by atoms with van der Waals surface area (Å²) >= 11 is 0. The van der Waals surface area contributed by atoms with Gasteiger partial charge in [0.2, 0.25) is 0 Å². The van der Waals surface area contributed by atoms with Gasteiger partial charge in [0, 0.05) is 17.1 Å². The third kappa shape index (κ3) is 2.06. The van der Waals surface area contributed by atoms with E-state index >= 15 is 0 Å². The Bertz CT molecular complexity index is 411. The maximum atomic E-state index is 9.78. The maximum Gasteiger partial charge on any atom is 0.0630 e. The first-order valence-corrected chi connectivity index (χ1v) is 6.50. The number of aliphatic hydroxyl groups excluding tert-OH is 1. The summed E-state index contributed by atoms with van der Waals surface area (Å²) in [4.78, 5) is 0. The zero-order valence-electron chi connectivity index (χ0n) is 11.2. The molecule has 94 valence electrons. The van der Waals surface area contributed by atoms with Crippen molar-refractivity contribution in [1.82, 2.24) is 0 Å². The summed E-state index contributed by atoms with van der Waals surface area (Å²) in [6.45, 7) is 8.58. The van der Waals surface area contributed by atoms with E-state index in [9.17, 15) is 5.11 Å². The second-order valence-corrected chi connectivity index (χ2v) is 5.73. The minimum Gasteiger partial charge on any atom is -0.392 e. The fraction of sp³-hybridized carbons (Fsp3) is 0.600. The van der Waals surface area contributed by atoms with E-state index in [0.717, 1.165) is 12.8 Å². The molecule has 0 spiro atoms. The molecule has 0 amide bonds. The van der Waals surface area contributed by atoms with Gasteiger partial charge in [0.05, 0.1) is 6.10 Å². The molecule has 1 aliphatic rings. The molecule has 1 saturated carbocycles. The van der Waals surface area contributed by atoms with E-state index in [4.69, 9.17) is 0 Å². The highest BCUT2D eigenvalue weighted by molar-refractivity contribution is 5.58. The summed E-state index contributed by atoms with van der Waals surface area (Å²) in [5.41, 5.74) is 3.90. The summed E-state index contributed by atoms with van der Waals surface area (Å²) in [5.74, 6) is 0. The fourth-order valence-electron chi connectivity index (χ4n) is 2.55. The van der Waals surface area contributed by atoms with Crippen LogP contribution >= 0.6 is 0 Å². The molecule has 0 aromatic heterocycles. The molecule has 1 fully saturated rings. The van der Waals surface area contributed by atoms with Crippen molar-refractivity contribution in [3.63, 3.8) is 0 Å². The number of anilines is 1. The molecule has 17 heavy (non-hydrogen) atoms. The van der Waals surface area contributed by atoms with Crippen LogP contribution in [0, 0.1) is 12.3 Å². The number of benzene rings is 1. The molecule has 2 rings (SSSR count). The Morgan fingerprint density at radius 2 is 2.12 bits per heavy atom. The minimum absolute atomic E-state index is 0.0205. The smallest absolute Gasteiger partial charge is 0.0630 e. The first-order chi connectivity index (χ1) is 7.96. The van der Waals surface area contributed by atoms with Crippen LogP contribution in [0.15, 0.2) is 18.2 Å². The Hall–Kier alpha value is -1.02. The lowest BCUT2D eigenvalue weighted by atomic mass is 9.64. The van der Waals surface area contributed by atoms with Crippen LogP contribution < -0.4 is 5.32 Å². The highest BCUT2D eigenvalue weighted by Crippen LogP contribution is 2.43. The van der Waals surface area contributed by atoms with Crippen LogP contribution in [0.4, 0.5) is 5.69 Å². The summed E-state index contributed by atoms with van der Waals surface area (Å²) in [6.07, 6.45) is 1.72. The van der Waals surface area contributed by atoms with Gasteiger partial charge in [0.1, 0.15) is 0 Å². The van der Waals surface area contributed by atoms with Crippen molar-refractivity contribution in [3.8, 4) is 0 Å². The third-order valence-electron chi connectivity index (χ3n) is 4.27. The standard InChI is InChI=1S/C15H23NO/c1-5-11-8-6-7-10(2)14(11)16-12-9-13(17)15(12,3)4/h6-8,12-13,16-17H,5,9H2,1-4H3. The molecule has 0 saturated heterocycles. The Labute approximate surface area is 104 Å². The van der Waals surface area contributed by atoms with E-state index in [1.165, 1.54) is 16.8 Å². The second kappa shape index (κ2) is 4.34. The summed E-state index contributed by atoms with van der Waals surface area (Å²) in [7, 11) is 0. The van der Waals surface area contributed by atoms with Crippen LogP contribution in [-0.2, 0) is 6.42 Å². The SMILES string of the molecule is CCc1cccc(C)c1NC1CC(O)C1(C)C. The average Bonchev–Trinajstić information content (AvgIpc) is 2.30. The van der Waals surface area contributed by atoms with Crippen molar-refractivity contribution in [2.75, 3.05) is 5.32 Å². The first kappa shape index (κ1) is 12.4. The van der Waals surface area contributed by atoms with Crippen molar-refractivity contribution < 1.29 is 5.11 Å². The molecular weight excluding hydrogens is 210 g/mol. The Morgan fingerprint density at radius 1 is 1.41 bits per heavy atom. The van der Waals surface area contributed by atoms with Gasteiger partial charge in [-0.15, -0.1) is 0 Å². The number of hydrogen-bond donors (Lipinski definition) is 2. The first-order valence-electron chi connectivity index (χ1n) is 6.50.